The smallest absolute Gasteiger partial charge is 0.317 e. The molecule has 1 saturated carbocycles. The van der Waals surface area contributed by atoms with Crippen LogP contribution in [0.5, 0.6) is 0 Å². The predicted molar refractivity (Wildman–Crippen MR) is 64.9 cm³/mol. The SMILES string of the molecule is CCN(C)C(=O)NC1(CC(=O)O)CCCCC1. The van der Waals surface area contributed by atoms with Crippen molar-refractivity contribution in [2.75, 3.05) is 13.6 Å². The first-order valence-electron chi connectivity index (χ1n) is 6.24. The summed E-state index contributed by atoms with van der Waals surface area (Å²) in [7, 11) is 1.71. The molecule has 5 heteroatoms. The summed E-state index contributed by atoms with van der Waals surface area (Å²) in [5.74, 6) is -0.841. The molecule has 98 valence electrons. The van der Waals surface area contributed by atoms with E-state index < -0.39 is 11.5 Å². The first kappa shape index (κ1) is 13.8. The summed E-state index contributed by atoms with van der Waals surface area (Å²) in [4.78, 5) is 24.3. The van der Waals surface area contributed by atoms with E-state index in [2.05, 4.69) is 5.32 Å². The third kappa shape index (κ3) is 3.91. The Morgan fingerprint density at radius 2 is 1.88 bits per heavy atom. The van der Waals surface area contributed by atoms with Gasteiger partial charge < -0.3 is 15.3 Å². The monoisotopic (exact) mass is 242 g/mol. The van der Waals surface area contributed by atoms with Gasteiger partial charge in [0.05, 0.1) is 12.0 Å². The molecule has 5 nitrogen and oxygen atoms in total. The van der Waals surface area contributed by atoms with Gasteiger partial charge in [-0.05, 0) is 19.8 Å². The van der Waals surface area contributed by atoms with E-state index >= 15 is 0 Å². The third-order valence-corrected chi connectivity index (χ3v) is 3.49. The molecule has 0 unspecified atom stereocenters. The van der Waals surface area contributed by atoms with E-state index in [0.717, 1.165) is 32.1 Å². The van der Waals surface area contributed by atoms with Crippen molar-refractivity contribution in [3.05, 3.63) is 0 Å². The van der Waals surface area contributed by atoms with Gasteiger partial charge in [-0.3, -0.25) is 4.79 Å². The number of carboxylic acid groups (broad SMARTS) is 1. The number of aliphatic carboxylic acids is 1. The largest absolute Gasteiger partial charge is 0.481 e. The maximum Gasteiger partial charge on any atom is 0.317 e. The van der Waals surface area contributed by atoms with Gasteiger partial charge in [0.2, 0.25) is 0 Å². The molecule has 2 amide bonds. The number of carbonyl (C=O) groups is 2. The zero-order chi connectivity index (χ0) is 12.9. The summed E-state index contributed by atoms with van der Waals surface area (Å²) in [5, 5.41) is 11.9. The van der Waals surface area contributed by atoms with Crippen LogP contribution < -0.4 is 5.32 Å². The molecule has 0 spiro atoms. The number of urea groups is 1. The molecule has 2 N–H and O–H groups in total. The van der Waals surface area contributed by atoms with Crippen LogP contribution >= 0.6 is 0 Å². The fourth-order valence-corrected chi connectivity index (χ4v) is 2.33. The lowest BCUT2D eigenvalue weighted by Crippen LogP contribution is -2.54. The predicted octanol–water partition coefficient (Wildman–Crippen LogP) is 1.83. The molecule has 0 aromatic rings. The molecular weight excluding hydrogens is 220 g/mol. The number of carbonyl (C=O) groups excluding carboxylic acids is 1. The lowest BCUT2D eigenvalue weighted by atomic mass is 9.79. The maximum atomic E-state index is 11.9. The Kier molecular flexibility index (Phi) is 4.78. The molecule has 0 aliphatic heterocycles. The molecule has 1 fully saturated rings. The van der Waals surface area contributed by atoms with E-state index in [-0.39, 0.29) is 12.5 Å². The number of hydrogen-bond acceptors (Lipinski definition) is 2. The quantitative estimate of drug-likeness (QED) is 0.790. The number of amides is 2. The molecule has 0 saturated heterocycles. The summed E-state index contributed by atoms with van der Waals surface area (Å²) in [6.45, 7) is 2.51. The van der Waals surface area contributed by atoms with Crippen LogP contribution in [0.1, 0.15) is 45.4 Å². The molecule has 0 aromatic carbocycles. The van der Waals surface area contributed by atoms with Crippen LogP contribution in [0.2, 0.25) is 0 Å². The second-order valence-corrected chi connectivity index (χ2v) is 4.86. The van der Waals surface area contributed by atoms with Crippen LogP contribution in [0, 0.1) is 0 Å². The molecule has 1 aliphatic rings. The summed E-state index contributed by atoms with van der Waals surface area (Å²) in [5.41, 5.74) is -0.537. The van der Waals surface area contributed by atoms with Gasteiger partial charge in [0.15, 0.2) is 0 Å². The Morgan fingerprint density at radius 1 is 1.29 bits per heavy atom. The molecule has 1 aliphatic carbocycles. The highest BCUT2D eigenvalue weighted by atomic mass is 16.4. The average Bonchev–Trinajstić information content (AvgIpc) is 2.27. The highest BCUT2D eigenvalue weighted by molar-refractivity contribution is 5.76. The Hall–Kier alpha value is -1.26. The van der Waals surface area contributed by atoms with Gasteiger partial charge in [-0.15, -0.1) is 0 Å². The van der Waals surface area contributed by atoms with Crippen LogP contribution in [-0.4, -0.2) is 41.1 Å². The van der Waals surface area contributed by atoms with Crippen molar-refractivity contribution in [1.29, 1.82) is 0 Å². The first-order valence-corrected chi connectivity index (χ1v) is 6.24. The Morgan fingerprint density at radius 3 is 2.35 bits per heavy atom. The van der Waals surface area contributed by atoms with E-state index in [1.165, 1.54) is 0 Å². The van der Waals surface area contributed by atoms with Crippen LogP contribution in [0.4, 0.5) is 4.79 Å². The summed E-state index contributed by atoms with van der Waals surface area (Å²) in [6.07, 6.45) is 4.66. The fourth-order valence-electron chi connectivity index (χ4n) is 2.33. The van der Waals surface area contributed by atoms with Crippen LogP contribution in [0.3, 0.4) is 0 Å². The van der Waals surface area contributed by atoms with Crippen molar-refractivity contribution in [2.24, 2.45) is 0 Å². The number of nitrogens with zero attached hydrogens (tertiary/aromatic N) is 1. The van der Waals surface area contributed by atoms with Gasteiger partial charge >= 0.3 is 12.0 Å². The molecule has 0 heterocycles. The van der Waals surface area contributed by atoms with Crippen molar-refractivity contribution in [1.82, 2.24) is 10.2 Å². The van der Waals surface area contributed by atoms with Crippen LogP contribution in [0.15, 0.2) is 0 Å². The lowest BCUT2D eigenvalue weighted by Gasteiger charge is -2.38. The van der Waals surface area contributed by atoms with Gasteiger partial charge in [0.25, 0.3) is 0 Å². The number of hydrogen-bond donors (Lipinski definition) is 2. The zero-order valence-corrected chi connectivity index (χ0v) is 10.7. The van der Waals surface area contributed by atoms with E-state index in [1.54, 1.807) is 11.9 Å². The van der Waals surface area contributed by atoms with Crippen molar-refractivity contribution in [3.63, 3.8) is 0 Å². The fraction of sp³-hybridized carbons (Fsp3) is 0.833. The summed E-state index contributed by atoms with van der Waals surface area (Å²) >= 11 is 0. The molecule has 1 rings (SSSR count). The highest BCUT2D eigenvalue weighted by Crippen LogP contribution is 2.31. The van der Waals surface area contributed by atoms with Crippen molar-refractivity contribution in [2.45, 2.75) is 51.0 Å². The second kappa shape index (κ2) is 5.89. The van der Waals surface area contributed by atoms with E-state index in [1.807, 2.05) is 6.92 Å². The summed E-state index contributed by atoms with van der Waals surface area (Å²) in [6, 6.07) is -0.171. The number of nitrogens with one attached hydrogen (secondary N) is 1. The standard InChI is InChI=1S/C12H22N2O3/c1-3-14(2)11(17)13-12(9-10(15)16)7-5-4-6-8-12/h3-9H2,1-2H3,(H,13,17)(H,15,16). The molecule has 0 bridgehead atoms. The van der Waals surface area contributed by atoms with Gasteiger partial charge in [-0.25, -0.2) is 4.79 Å². The van der Waals surface area contributed by atoms with Gasteiger partial charge in [0.1, 0.15) is 0 Å². The van der Waals surface area contributed by atoms with Gasteiger partial charge in [-0.1, -0.05) is 19.3 Å². The number of carboxylic acids is 1. The Bertz CT molecular complexity index is 285. The Balaban J connectivity index is 2.69. The molecule has 0 atom stereocenters. The molecular formula is C12H22N2O3. The van der Waals surface area contributed by atoms with Gasteiger partial charge in [0, 0.05) is 13.6 Å². The normalized spacial score (nSPS) is 18.5. The molecule has 0 radical (unpaired) electrons. The molecule has 0 aromatic heterocycles. The van der Waals surface area contributed by atoms with Crippen molar-refractivity contribution in [3.8, 4) is 0 Å². The first-order chi connectivity index (χ1) is 7.99. The van der Waals surface area contributed by atoms with Crippen molar-refractivity contribution >= 4 is 12.0 Å². The van der Waals surface area contributed by atoms with Crippen LogP contribution in [0.25, 0.3) is 0 Å². The lowest BCUT2D eigenvalue weighted by molar-refractivity contribution is -0.139. The van der Waals surface area contributed by atoms with Crippen molar-refractivity contribution < 1.29 is 14.7 Å². The van der Waals surface area contributed by atoms with E-state index in [4.69, 9.17) is 5.11 Å². The average molecular weight is 242 g/mol. The Labute approximate surface area is 102 Å². The van der Waals surface area contributed by atoms with Gasteiger partial charge in [-0.2, -0.15) is 0 Å². The minimum atomic E-state index is -0.841. The number of rotatable bonds is 4. The highest BCUT2D eigenvalue weighted by Gasteiger charge is 2.36. The van der Waals surface area contributed by atoms with Crippen LogP contribution in [-0.2, 0) is 4.79 Å². The van der Waals surface area contributed by atoms with E-state index in [0.29, 0.717) is 6.54 Å². The maximum absolute atomic E-state index is 11.9. The minimum absolute atomic E-state index is 0.0241. The third-order valence-electron chi connectivity index (χ3n) is 3.49. The minimum Gasteiger partial charge on any atom is -0.481 e. The molecule has 17 heavy (non-hydrogen) atoms. The zero-order valence-electron chi connectivity index (χ0n) is 10.7. The summed E-state index contributed by atoms with van der Waals surface area (Å²) < 4.78 is 0. The second-order valence-electron chi connectivity index (χ2n) is 4.86. The van der Waals surface area contributed by atoms with E-state index in [9.17, 15) is 9.59 Å². The topological polar surface area (TPSA) is 69.6 Å².